The van der Waals surface area contributed by atoms with Gasteiger partial charge in [-0.05, 0) is 42.2 Å². The highest BCUT2D eigenvalue weighted by molar-refractivity contribution is 6.03. The van der Waals surface area contributed by atoms with E-state index in [1.165, 1.54) is 5.56 Å². The normalized spacial score (nSPS) is 11.2. The summed E-state index contributed by atoms with van der Waals surface area (Å²) >= 11 is 0. The van der Waals surface area contributed by atoms with Crippen molar-refractivity contribution in [1.82, 2.24) is 10.1 Å². The molecule has 0 fully saturated rings. The Labute approximate surface area is 152 Å². The molecule has 0 saturated carbocycles. The number of hydrogen-bond acceptors (Lipinski definition) is 5. The van der Waals surface area contributed by atoms with Crippen molar-refractivity contribution in [3.8, 4) is 0 Å². The molecular weight excluding hydrogens is 328 g/mol. The number of nitrogens with one attached hydrogen (secondary N) is 2. The Morgan fingerprint density at radius 1 is 1.04 bits per heavy atom. The number of pyridine rings is 1. The van der Waals surface area contributed by atoms with E-state index in [-0.39, 0.29) is 11.3 Å². The standard InChI is InChI=1S/C20H22N4O2/c1-13-11-18(24-26-13)22-16-9-10-21-17(12-16)19(25)23-15-7-5-14(6-8-15)20(2,3)4/h5-12H,1-4H3,(H,23,25)(H,21,22,24). The van der Waals surface area contributed by atoms with Gasteiger partial charge < -0.3 is 15.2 Å². The van der Waals surface area contributed by atoms with Crippen LogP contribution in [0.3, 0.4) is 0 Å². The van der Waals surface area contributed by atoms with Gasteiger partial charge in [0, 0.05) is 23.6 Å². The number of carbonyl (C=O) groups is 1. The predicted octanol–water partition coefficient (Wildman–Crippen LogP) is 4.67. The second-order valence-corrected chi connectivity index (χ2v) is 7.16. The van der Waals surface area contributed by atoms with Gasteiger partial charge in [-0.25, -0.2) is 0 Å². The Bertz CT molecular complexity index is 908. The topological polar surface area (TPSA) is 80.0 Å². The van der Waals surface area contributed by atoms with Crippen molar-refractivity contribution >= 4 is 23.1 Å². The summed E-state index contributed by atoms with van der Waals surface area (Å²) in [6.45, 7) is 8.27. The first kappa shape index (κ1) is 17.7. The molecule has 2 N–H and O–H groups in total. The highest BCUT2D eigenvalue weighted by atomic mass is 16.5. The van der Waals surface area contributed by atoms with Crippen LogP contribution in [0.25, 0.3) is 0 Å². The van der Waals surface area contributed by atoms with Crippen LogP contribution in [0.4, 0.5) is 17.2 Å². The largest absolute Gasteiger partial charge is 0.360 e. The van der Waals surface area contributed by atoms with Crippen LogP contribution in [0.5, 0.6) is 0 Å². The van der Waals surface area contributed by atoms with Gasteiger partial charge in [0.25, 0.3) is 5.91 Å². The second-order valence-electron chi connectivity index (χ2n) is 7.16. The number of nitrogens with zero attached hydrogens (tertiary/aromatic N) is 2. The van der Waals surface area contributed by atoms with Crippen LogP contribution in [0.2, 0.25) is 0 Å². The molecule has 26 heavy (non-hydrogen) atoms. The smallest absolute Gasteiger partial charge is 0.274 e. The zero-order valence-electron chi connectivity index (χ0n) is 15.3. The molecule has 0 spiro atoms. The third-order valence-corrected chi connectivity index (χ3v) is 3.90. The van der Waals surface area contributed by atoms with Crippen LogP contribution in [0.15, 0.2) is 53.2 Å². The molecule has 0 aliphatic heterocycles. The van der Waals surface area contributed by atoms with Crippen LogP contribution in [0, 0.1) is 6.92 Å². The van der Waals surface area contributed by atoms with Gasteiger partial charge in [-0.2, -0.15) is 0 Å². The third-order valence-electron chi connectivity index (χ3n) is 3.90. The molecule has 0 unspecified atom stereocenters. The van der Waals surface area contributed by atoms with Crippen molar-refractivity contribution in [2.75, 3.05) is 10.6 Å². The molecule has 134 valence electrons. The first-order valence-electron chi connectivity index (χ1n) is 8.39. The van der Waals surface area contributed by atoms with E-state index in [4.69, 9.17) is 4.52 Å². The minimum Gasteiger partial charge on any atom is -0.360 e. The number of amides is 1. The van der Waals surface area contributed by atoms with Crippen molar-refractivity contribution in [3.05, 3.63) is 65.7 Å². The number of hydrogen-bond donors (Lipinski definition) is 2. The van der Waals surface area contributed by atoms with Crippen molar-refractivity contribution < 1.29 is 9.32 Å². The van der Waals surface area contributed by atoms with E-state index in [1.807, 2.05) is 31.2 Å². The van der Waals surface area contributed by atoms with Crippen LogP contribution >= 0.6 is 0 Å². The number of benzene rings is 1. The lowest BCUT2D eigenvalue weighted by Gasteiger charge is -2.19. The summed E-state index contributed by atoms with van der Waals surface area (Å²) in [5.74, 6) is 1.02. The maximum absolute atomic E-state index is 12.5. The molecule has 3 rings (SSSR count). The average Bonchev–Trinajstić information content (AvgIpc) is 2.99. The quantitative estimate of drug-likeness (QED) is 0.714. The van der Waals surface area contributed by atoms with Gasteiger partial charge >= 0.3 is 0 Å². The molecule has 1 amide bonds. The van der Waals surface area contributed by atoms with Crippen molar-refractivity contribution in [1.29, 1.82) is 0 Å². The molecule has 0 bridgehead atoms. The van der Waals surface area contributed by atoms with Gasteiger partial charge in [0.15, 0.2) is 5.82 Å². The molecule has 2 aromatic heterocycles. The van der Waals surface area contributed by atoms with E-state index < -0.39 is 0 Å². The zero-order chi connectivity index (χ0) is 18.7. The molecular formula is C20H22N4O2. The Kier molecular flexibility index (Phi) is 4.75. The van der Waals surface area contributed by atoms with Crippen molar-refractivity contribution in [2.45, 2.75) is 33.1 Å². The number of rotatable bonds is 4. The van der Waals surface area contributed by atoms with Crippen LogP contribution in [-0.4, -0.2) is 16.0 Å². The summed E-state index contributed by atoms with van der Waals surface area (Å²) in [5.41, 5.74) is 3.04. The SMILES string of the molecule is Cc1cc(Nc2ccnc(C(=O)Nc3ccc(C(C)(C)C)cc3)c2)no1. The first-order valence-corrected chi connectivity index (χ1v) is 8.39. The molecule has 2 heterocycles. The van der Waals surface area contributed by atoms with Crippen LogP contribution in [0.1, 0.15) is 42.6 Å². The molecule has 6 nitrogen and oxygen atoms in total. The molecule has 1 aromatic carbocycles. The number of aromatic nitrogens is 2. The highest BCUT2D eigenvalue weighted by Crippen LogP contribution is 2.24. The fourth-order valence-corrected chi connectivity index (χ4v) is 2.45. The molecule has 0 aliphatic carbocycles. The van der Waals surface area contributed by atoms with Crippen LogP contribution < -0.4 is 10.6 Å². The van der Waals surface area contributed by atoms with E-state index in [2.05, 4.69) is 41.5 Å². The molecule has 0 radical (unpaired) electrons. The lowest BCUT2D eigenvalue weighted by atomic mass is 9.87. The number of anilines is 3. The van der Waals surface area contributed by atoms with E-state index in [9.17, 15) is 4.79 Å². The van der Waals surface area contributed by atoms with Gasteiger partial charge in [0.2, 0.25) is 0 Å². The Morgan fingerprint density at radius 3 is 2.38 bits per heavy atom. The zero-order valence-corrected chi connectivity index (χ0v) is 15.3. The third kappa shape index (κ3) is 4.27. The lowest BCUT2D eigenvalue weighted by Crippen LogP contribution is -2.15. The molecule has 0 atom stereocenters. The predicted molar refractivity (Wildman–Crippen MR) is 102 cm³/mol. The summed E-state index contributed by atoms with van der Waals surface area (Å²) < 4.78 is 5.02. The first-order chi connectivity index (χ1) is 12.3. The summed E-state index contributed by atoms with van der Waals surface area (Å²) in [4.78, 5) is 16.6. The fourth-order valence-electron chi connectivity index (χ4n) is 2.45. The minimum absolute atomic E-state index is 0.0730. The lowest BCUT2D eigenvalue weighted by molar-refractivity contribution is 0.102. The molecule has 3 aromatic rings. The summed E-state index contributed by atoms with van der Waals surface area (Å²) in [6.07, 6.45) is 1.58. The summed E-state index contributed by atoms with van der Waals surface area (Å²) in [5, 5.41) is 9.83. The Morgan fingerprint density at radius 2 is 1.77 bits per heavy atom. The van der Waals surface area contributed by atoms with Gasteiger partial charge in [0.05, 0.1) is 0 Å². The maximum atomic E-state index is 12.5. The van der Waals surface area contributed by atoms with Gasteiger partial charge in [0.1, 0.15) is 11.5 Å². The van der Waals surface area contributed by atoms with E-state index >= 15 is 0 Å². The van der Waals surface area contributed by atoms with E-state index in [0.717, 1.165) is 5.69 Å². The number of aryl methyl sites for hydroxylation is 1. The van der Waals surface area contributed by atoms with Crippen molar-refractivity contribution in [2.24, 2.45) is 0 Å². The summed E-state index contributed by atoms with van der Waals surface area (Å²) in [6, 6.07) is 13.1. The Balaban J connectivity index is 1.70. The second kappa shape index (κ2) is 7.00. The maximum Gasteiger partial charge on any atom is 0.274 e. The molecule has 0 aliphatic rings. The summed E-state index contributed by atoms with van der Waals surface area (Å²) in [7, 11) is 0. The fraction of sp³-hybridized carbons (Fsp3) is 0.250. The van der Waals surface area contributed by atoms with Gasteiger partial charge in [-0.1, -0.05) is 38.1 Å². The Hall–Kier alpha value is -3.15. The molecule has 6 heteroatoms. The van der Waals surface area contributed by atoms with Crippen molar-refractivity contribution in [3.63, 3.8) is 0 Å². The molecule has 0 saturated heterocycles. The van der Waals surface area contributed by atoms with E-state index in [1.54, 1.807) is 24.4 Å². The minimum atomic E-state index is -0.270. The van der Waals surface area contributed by atoms with Gasteiger partial charge in [-0.15, -0.1) is 0 Å². The average molecular weight is 350 g/mol. The van der Waals surface area contributed by atoms with E-state index in [0.29, 0.717) is 23.0 Å². The monoisotopic (exact) mass is 350 g/mol. The van der Waals surface area contributed by atoms with Gasteiger partial charge in [-0.3, -0.25) is 9.78 Å². The number of carbonyl (C=O) groups excluding carboxylic acids is 1. The highest BCUT2D eigenvalue weighted by Gasteiger charge is 2.14. The van der Waals surface area contributed by atoms with Crippen LogP contribution in [-0.2, 0) is 5.41 Å².